The summed E-state index contributed by atoms with van der Waals surface area (Å²) >= 11 is 0. The Hall–Kier alpha value is -8.50. The van der Waals surface area contributed by atoms with Gasteiger partial charge >= 0.3 is 6.09 Å². The van der Waals surface area contributed by atoms with Crippen LogP contribution in [0.5, 0.6) is 23.5 Å². The summed E-state index contributed by atoms with van der Waals surface area (Å²) in [5, 5.41) is 27.2. The zero-order valence-corrected chi connectivity index (χ0v) is 61.4. The van der Waals surface area contributed by atoms with Crippen LogP contribution in [0.2, 0.25) is 0 Å². The molecule has 0 atom stereocenters. The number of aliphatic hydroxyl groups is 1. The van der Waals surface area contributed by atoms with Gasteiger partial charge in [0.15, 0.2) is 0 Å². The number of carbonyl (C=O) groups excluding carboxylic acids is 1. The van der Waals surface area contributed by atoms with Crippen molar-refractivity contribution in [3.63, 3.8) is 0 Å². The van der Waals surface area contributed by atoms with Crippen molar-refractivity contribution in [2.24, 2.45) is 23.7 Å². The molecule has 4 heterocycles. The third kappa shape index (κ3) is 25.9. The molecule has 28 heteroatoms. The molecule has 1 N–H and O–H groups in total. The predicted octanol–water partition coefficient (Wildman–Crippen LogP) is 17.0. The van der Waals surface area contributed by atoms with Crippen LogP contribution in [0.25, 0.3) is 0 Å². The third-order valence-corrected chi connectivity index (χ3v) is 19.1. The molecule has 4 saturated carbocycles. The Morgan fingerprint density at radius 1 is 0.467 bits per heavy atom. The average molecular weight is 1490 g/mol. The maximum atomic E-state index is 14.0. The molecular formula is C77H97F8N9O10S. The first-order chi connectivity index (χ1) is 50.2. The Morgan fingerprint density at radius 3 is 1.08 bits per heavy atom. The fraction of sp³-hybridized carbons (Fsp3) is 0.519. The number of ether oxygens (including phenoxy) is 5. The monoisotopic (exact) mass is 1490 g/mol. The van der Waals surface area contributed by atoms with E-state index in [2.05, 4.69) is 27.3 Å². The van der Waals surface area contributed by atoms with E-state index in [0.29, 0.717) is 77.4 Å². The van der Waals surface area contributed by atoms with Crippen LogP contribution < -0.4 is 18.9 Å². The molecule has 0 radical (unpaired) electrons. The minimum atomic E-state index is -3.60. The van der Waals surface area contributed by atoms with Crippen molar-refractivity contribution in [3.05, 3.63) is 189 Å². The molecule has 4 aliphatic carbocycles. The van der Waals surface area contributed by atoms with Gasteiger partial charge in [-0.05, 0) is 175 Å². The van der Waals surface area contributed by atoms with Gasteiger partial charge in [-0.15, -0.1) is 0 Å². The van der Waals surface area contributed by atoms with Crippen LogP contribution in [-0.4, -0.2) is 82.5 Å². The Labute approximate surface area is 609 Å². The second-order valence-corrected chi connectivity index (χ2v) is 30.2. The molecule has 4 aromatic heterocycles. The molecule has 0 unspecified atom stereocenters. The van der Waals surface area contributed by atoms with E-state index in [1.54, 1.807) is 39.3 Å². The Bertz CT molecular complexity index is 4200. The molecule has 12 rings (SSSR count). The van der Waals surface area contributed by atoms with Gasteiger partial charge in [-0.3, -0.25) is 4.18 Å². The van der Waals surface area contributed by atoms with Crippen molar-refractivity contribution in [3.8, 4) is 23.5 Å². The Balaban J connectivity index is 0.000000163. The van der Waals surface area contributed by atoms with Crippen LogP contribution in [0.3, 0.4) is 0 Å². The lowest BCUT2D eigenvalue weighted by molar-refractivity contribution is 0.0282. The molecule has 0 bridgehead atoms. The van der Waals surface area contributed by atoms with Crippen LogP contribution in [0, 0.1) is 70.2 Å². The van der Waals surface area contributed by atoms with Crippen molar-refractivity contribution in [2.75, 3.05) is 13.3 Å². The van der Waals surface area contributed by atoms with Gasteiger partial charge < -0.3 is 33.7 Å². The van der Waals surface area contributed by atoms with Crippen LogP contribution in [0.1, 0.15) is 182 Å². The number of hydrogen-bond acceptors (Lipinski definition) is 14. The predicted molar refractivity (Wildman–Crippen MR) is 377 cm³/mol. The molecule has 4 aliphatic rings. The number of carbonyl (C=O) groups is 1. The number of aliphatic hydroxyl groups excluding tert-OH is 1. The number of halogens is 8. The van der Waals surface area contributed by atoms with E-state index in [-0.39, 0.29) is 68.4 Å². The minimum absolute atomic E-state index is 0.00547. The topological polar surface area (TPSA) is 201 Å². The summed E-state index contributed by atoms with van der Waals surface area (Å²) in [5.41, 5.74) is 2.57. The van der Waals surface area contributed by atoms with Gasteiger partial charge in [-0.1, -0.05) is 64.7 Å². The molecule has 4 fully saturated rings. The number of hydrogen-bond donors (Lipinski definition) is 1. The molecule has 0 spiro atoms. The maximum Gasteiger partial charge on any atom is 0.410 e. The lowest BCUT2D eigenvalue weighted by Gasteiger charge is -2.24. The SMILES string of the molecule is CCCc1cc(OCc2cc(F)ccc2F)n(CC2CCCC2)n1.CN(Cc1cc(OCc2cc(F)ccc2F)n(CC2CCCC2)n1)C(=O)OC(C)(C)C.CS(=O)(=O)OCc1cc(OCc2cc(F)ccc2F)n(CC2CCCC2)n1.OCc1cc(OCc2cc(F)ccc2F)n(CC2CCCC2)n1. The van der Waals surface area contributed by atoms with E-state index in [9.17, 15) is 53.4 Å². The highest BCUT2D eigenvalue weighted by atomic mass is 32.2. The van der Waals surface area contributed by atoms with E-state index < -0.39 is 68.4 Å². The number of benzene rings is 4. The summed E-state index contributed by atoms with van der Waals surface area (Å²) in [4.78, 5) is 13.7. The number of nitrogens with zero attached hydrogens (tertiary/aromatic N) is 9. The lowest BCUT2D eigenvalue weighted by atomic mass is 10.1. The number of aromatic nitrogens is 8. The highest BCUT2D eigenvalue weighted by Crippen LogP contribution is 2.33. The fourth-order valence-corrected chi connectivity index (χ4v) is 13.5. The second kappa shape index (κ2) is 38.7. The first kappa shape index (κ1) is 80.6. The zero-order valence-electron chi connectivity index (χ0n) is 60.6. The van der Waals surface area contributed by atoms with Crippen molar-refractivity contribution in [1.29, 1.82) is 0 Å². The van der Waals surface area contributed by atoms with Crippen molar-refractivity contribution < 1.29 is 81.3 Å². The van der Waals surface area contributed by atoms with Gasteiger partial charge in [-0.25, -0.2) is 58.6 Å². The molecular weight excluding hydrogens is 1390 g/mol. The summed E-state index contributed by atoms with van der Waals surface area (Å²) in [7, 11) is -1.95. The maximum absolute atomic E-state index is 14.0. The average Bonchev–Trinajstić information content (AvgIpc) is 1.73. The van der Waals surface area contributed by atoms with Crippen LogP contribution in [0.15, 0.2) is 97.1 Å². The normalized spacial score (nSPS) is 15.1. The number of aryl methyl sites for hydroxylation is 1. The van der Waals surface area contributed by atoms with Crippen molar-refractivity contribution in [2.45, 2.75) is 221 Å². The standard InChI is InChI=1S/C23H31F2N3O3.C19H24F2N2O.C18H22F2N2O4S.C17H20F2N2O2/c1-23(2,3)31-22(29)27(4)14-19-12-21(28(26-19)13-16-7-5-6-8-16)30-15-17-11-18(24)9-10-20(17)25;1-2-5-17-11-19(23(22-17)12-14-6-3-4-7-14)24-13-15-10-16(20)8-9-18(15)21;1-27(23,24)26-12-16-9-18(22(21-16)10-13-4-2-3-5-13)25-11-14-8-15(19)6-7-17(14)20;18-14-5-6-16(19)13(7-14)11-23-17-8-15(10-22)20-21(17)9-12-3-1-2-4-12/h9-12,16H,5-8,13-15H2,1-4H3;8-11,14H,2-7,12-13H2,1H3;6-9,13H,2-5,10-12H2,1H3;5-8,12,22H,1-4,9-11H2. The van der Waals surface area contributed by atoms with Crippen molar-refractivity contribution >= 4 is 16.2 Å². The largest absolute Gasteiger partial charge is 0.473 e. The molecule has 19 nitrogen and oxygen atoms in total. The van der Waals surface area contributed by atoms with Crippen molar-refractivity contribution in [1.82, 2.24) is 44.0 Å². The fourth-order valence-electron chi connectivity index (χ4n) is 13.2. The lowest BCUT2D eigenvalue weighted by Crippen LogP contribution is -2.33. The van der Waals surface area contributed by atoms with Gasteiger partial charge in [0.1, 0.15) is 85.2 Å². The number of amides is 1. The highest BCUT2D eigenvalue weighted by molar-refractivity contribution is 7.85. The van der Waals surface area contributed by atoms with E-state index >= 15 is 0 Å². The zero-order chi connectivity index (χ0) is 75.2. The molecule has 572 valence electrons. The minimum Gasteiger partial charge on any atom is -0.473 e. The summed E-state index contributed by atoms with van der Waals surface area (Å²) < 4.78 is 171. The van der Waals surface area contributed by atoms with Gasteiger partial charge in [0.25, 0.3) is 10.1 Å². The summed E-state index contributed by atoms with van der Waals surface area (Å²) in [6.45, 7) is 9.94. The molecule has 4 aromatic carbocycles. The molecule has 105 heavy (non-hydrogen) atoms. The Kier molecular flexibility index (Phi) is 29.7. The molecule has 8 aromatic rings. The molecule has 1 amide bonds. The van der Waals surface area contributed by atoms with E-state index in [4.69, 9.17) is 27.9 Å². The summed E-state index contributed by atoms with van der Waals surface area (Å²) in [6.07, 6.45) is 21.4. The van der Waals surface area contributed by atoms with Gasteiger partial charge in [0.05, 0.1) is 42.2 Å². The first-order valence-corrected chi connectivity index (χ1v) is 38.0. The van der Waals surface area contributed by atoms with E-state index in [1.165, 1.54) is 75.2 Å². The summed E-state index contributed by atoms with van der Waals surface area (Å²) in [6, 6.07) is 20.1. The van der Waals surface area contributed by atoms with Crippen LogP contribution in [-0.2, 0) is 97.8 Å². The molecule has 0 saturated heterocycles. The number of rotatable bonds is 28. The summed E-state index contributed by atoms with van der Waals surface area (Å²) in [5.74, 6) is 0.0698. The van der Waals surface area contributed by atoms with Gasteiger partial charge in [0, 0.05) is 79.7 Å². The molecule has 0 aliphatic heterocycles. The second-order valence-electron chi connectivity index (χ2n) is 28.5. The van der Waals surface area contributed by atoms with Gasteiger partial charge in [0.2, 0.25) is 23.5 Å². The van der Waals surface area contributed by atoms with E-state index in [1.807, 2.05) is 31.5 Å². The smallest absolute Gasteiger partial charge is 0.410 e. The van der Waals surface area contributed by atoms with E-state index in [0.717, 1.165) is 143 Å². The van der Waals surface area contributed by atoms with Crippen LogP contribution >= 0.6 is 0 Å². The van der Waals surface area contributed by atoms with Gasteiger partial charge in [-0.2, -0.15) is 28.8 Å². The first-order valence-electron chi connectivity index (χ1n) is 36.1. The third-order valence-electron chi connectivity index (χ3n) is 18.5. The highest BCUT2D eigenvalue weighted by Gasteiger charge is 2.26. The quantitative estimate of drug-likeness (QED) is 0.0358. The Morgan fingerprint density at radius 2 is 0.762 bits per heavy atom. The van der Waals surface area contributed by atoms with Crippen LogP contribution in [0.4, 0.5) is 39.9 Å².